The Labute approximate surface area is 101 Å². The first-order chi connectivity index (χ1) is 8.47. The van der Waals surface area contributed by atoms with Gasteiger partial charge in [-0.25, -0.2) is 8.78 Å². The van der Waals surface area contributed by atoms with Crippen LogP contribution < -0.4 is 11.1 Å². The number of halogens is 2. The summed E-state index contributed by atoms with van der Waals surface area (Å²) in [5.74, 6) is -2.61. The Kier molecular flexibility index (Phi) is 2.97. The number of carbonyl (C=O) groups is 1. The van der Waals surface area contributed by atoms with Crippen LogP contribution in [0, 0.1) is 18.6 Å². The second-order valence-corrected chi connectivity index (χ2v) is 3.64. The summed E-state index contributed by atoms with van der Waals surface area (Å²) in [6, 6.07) is 3.16. The van der Waals surface area contributed by atoms with E-state index in [0.717, 1.165) is 12.1 Å². The van der Waals surface area contributed by atoms with Crippen LogP contribution in [0.25, 0.3) is 0 Å². The third kappa shape index (κ3) is 2.29. The minimum absolute atomic E-state index is 0.0927. The van der Waals surface area contributed by atoms with Crippen molar-refractivity contribution in [3.8, 4) is 0 Å². The van der Waals surface area contributed by atoms with E-state index in [1.807, 2.05) is 0 Å². The number of carbonyl (C=O) groups excluding carboxylic acids is 1. The minimum atomic E-state index is -0.992. The molecule has 0 atom stereocenters. The third-order valence-electron chi connectivity index (χ3n) is 2.21. The maximum atomic E-state index is 13.2. The average molecular weight is 253 g/mol. The molecule has 0 bridgehead atoms. The topological polar surface area (TPSA) is 81.2 Å². The van der Waals surface area contributed by atoms with Crippen molar-refractivity contribution in [1.82, 2.24) is 5.16 Å². The minimum Gasteiger partial charge on any atom is -0.394 e. The second-order valence-electron chi connectivity index (χ2n) is 3.64. The number of benzene rings is 1. The van der Waals surface area contributed by atoms with Gasteiger partial charge in [-0.05, 0) is 19.1 Å². The van der Waals surface area contributed by atoms with E-state index in [1.165, 1.54) is 6.07 Å². The van der Waals surface area contributed by atoms with E-state index in [9.17, 15) is 13.6 Å². The molecule has 94 valence electrons. The highest BCUT2D eigenvalue weighted by atomic mass is 19.1. The molecule has 18 heavy (non-hydrogen) atoms. The van der Waals surface area contributed by atoms with Crippen molar-refractivity contribution in [3.63, 3.8) is 0 Å². The highest BCUT2D eigenvalue weighted by Crippen LogP contribution is 2.18. The molecule has 0 aliphatic carbocycles. The van der Waals surface area contributed by atoms with E-state index in [2.05, 4.69) is 10.5 Å². The van der Waals surface area contributed by atoms with E-state index in [0.29, 0.717) is 5.69 Å². The van der Waals surface area contributed by atoms with Gasteiger partial charge in [0.15, 0.2) is 0 Å². The number of nitrogens with zero attached hydrogens (tertiary/aromatic N) is 1. The summed E-state index contributed by atoms with van der Waals surface area (Å²) >= 11 is 0. The van der Waals surface area contributed by atoms with Gasteiger partial charge < -0.3 is 10.3 Å². The smallest absolute Gasteiger partial charge is 0.258 e. The molecule has 1 aromatic heterocycles. The molecule has 0 radical (unpaired) electrons. The third-order valence-corrected chi connectivity index (χ3v) is 2.21. The van der Waals surface area contributed by atoms with Gasteiger partial charge in [-0.3, -0.25) is 10.1 Å². The normalized spacial score (nSPS) is 10.4. The lowest BCUT2D eigenvalue weighted by molar-refractivity contribution is 0.102. The van der Waals surface area contributed by atoms with E-state index < -0.39 is 23.2 Å². The molecule has 0 unspecified atom stereocenters. The molecule has 1 aromatic carbocycles. The first kappa shape index (κ1) is 12.0. The standard InChI is InChI=1S/C11H9F2N3O2/c1-5-2-9(18-16-5)15-11(17)6-3-7(12)10(14)8(13)4-6/h2-4H,14H2,1H3,(H,15,17). The summed E-state index contributed by atoms with van der Waals surface area (Å²) < 4.78 is 31.1. The van der Waals surface area contributed by atoms with Gasteiger partial charge in [0.05, 0.1) is 5.69 Å². The van der Waals surface area contributed by atoms with Crippen LogP contribution >= 0.6 is 0 Å². The van der Waals surface area contributed by atoms with Crippen molar-refractivity contribution in [1.29, 1.82) is 0 Å². The van der Waals surface area contributed by atoms with Gasteiger partial charge >= 0.3 is 0 Å². The highest BCUT2D eigenvalue weighted by Gasteiger charge is 2.14. The van der Waals surface area contributed by atoms with E-state index in [1.54, 1.807) is 6.92 Å². The first-order valence-corrected chi connectivity index (χ1v) is 4.96. The molecule has 0 saturated carbocycles. The van der Waals surface area contributed by atoms with Crippen LogP contribution in [-0.4, -0.2) is 11.1 Å². The van der Waals surface area contributed by atoms with Crippen molar-refractivity contribution in [2.75, 3.05) is 11.1 Å². The van der Waals surface area contributed by atoms with Gasteiger partial charge in [-0.2, -0.15) is 0 Å². The zero-order chi connectivity index (χ0) is 13.3. The van der Waals surface area contributed by atoms with Crippen molar-refractivity contribution in [2.45, 2.75) is 6.92 Å². The summed E-state index contributed by atoms with van der Waals surface area (Å²) in [6.07, 6.45) is 0. The SMILES string of the molecule is Cc1cc(NC(=O)c2cc(F)c(N)c(F)c2)on1. The highest BCUT2D eigenvalue weighted by molar-refractivity contribution is 6.03. The van der Waals surface area contributed by atoms with Gasteiger partial charge in [-0.15, -0.1) is 0 Å². The number of nitrogens with two attached hydrogens (primary N) is 1. The molecule has 0 spiro atoms. The fourth-order valence-corrected chi connectivity index (χ4v) is 1.32. The van der Waals surface area contributed by atoms with E-state index in [-0.39, 0.29) is 11.4 Å². The van der Waals surface area contributed by atoms with Gasteiger partial charge in [0.25, 0.3) is 5.91 Å². The molecule has 0 aliphatic heterocycles. The van der Waals surface area contributed by atoms with Gasteiger partial charge in [0.2, 0.25) is 5.88 Å². The van der Waals surface area contributed by atoms with Crippen LogP contribution in [0.1, 0.15) is 16.1 Å². The molecular formula is C11H9F2N3O2. The molecule has 7 heteroatoms. The predicted octanol–water partition coefficient (Wildman–Crippen LogP) is 2.10. The van der Waals surface area contributed by atoms with Crippen molar-refractivity contribution >= 4 is 17.5 Å². The number of rotatable bonds is 2. The van der Waals surface area contributed by atoms with Crippen LogP contribution in [0.3, 0.4) is 0 Å². The monoisotopic (exact) mass is 253 g/mol. The number of aryl methyl sites for hydroxylation is 1. The zero-order valence-electron chi connectivity index (χ0n) is 9.33. The second kappa shape index (κ2) is 4.44. The number of anilines is 2. The maximum absolute atomic E-state index is 13.2. The summed E-state index contributed by atoms with van der Waals surface area (Å²) in [5, 5.41) is 5.87. The van der Waals surface area contributed by atoms with Crippen LogP contribution in [0.5, 0.6) is 0 Å². The molecule has 0 saturated heterocycles. The van der Waals surface area contributed by atoms with Crippen LogP contribution in [-0.2, 0) is 0 Å². The average Bonchev–Trinajstić information content (AvgIpc) is 2.71. The Balaban J connectivity index is 2.24. The lowest BCUT2D eigenvalue weighted by Crippen LogP contribution is -2.12. The van der Waals surface area contributed by atoms with Crippen LogP contribution in [0.15, 0.2) is 22.7 Å². The Bertz CT molecular complexity index is 587. The molecule has 0 fully saturated rings. The number of nitrogen functional groups attached to an aromatic ring is 1. The number of hydrogen-bond donors (Lipinski definition) is 2. The van der Waals surface area contributed by atoms with Crippen LogP contribution in [0.4, 0.5) is 20.4 Å². The molecule has 1 heterocycles. The molecule has 2 rings (SSSR count). The van der Waals surface area contributed by atoms with Crippen molar-refractivity contribution in [3.05, 3.63) is 41.1 Å². The lowest BCUT2D eigenvalue weighted by Gasteiger charge is -2.04. The molecule has 0 aliphatic rings. The summed E-state index contributed by atoms with van der Waals surface area (Å²) in [4.78, 5) is 11.7. The molecule has 3 N–H and O–H groups in total. The van der Waals surface area contributed by atoms with Crippen LogP contribution in [0.2, 0.25) is 0 Å². The molecule has 1 amide bonds. The summed E-state index contributed by atoms with van der Waals surface area (Å²) in [7, 11) is 0. The summed E-state index contributed by atoms with van der Waals surface area (Å²) in [6.45, 7) is 1.67. The van der Waals surface area contributed by atoms with Gasteiger partial charge in [0.1, 0.15) is 17.3 Å². The summed E-state index contributed by atoms with van der Waals surface area (Å²) in [5.41, 5.74) is 4.84. The van der Waals surface area contributed by atoms with E-state index >= 15 is 0 Å². The molecule has 5 nitrogen and oxygen atoms in total. The number of hydrogen-bond acceptors (Lipinski definition) is 4. The quantitative estimate of drug-likeness (QED) is 0.803. The molecule has 2 aromatic rings. The Morgan fingerprint density at radius 3 is 2.44 bits per heavy atom. The van der Waals surface area contributed by atoms with Gasteiger partial charge in [-0.1, -0.05) is 5.16 Å². The number of amides is 1. The van der Waals surface area contributed by atoms with Gasteiger partial charge in [0, 0.05) is 11.6 Å². The largest absolute Gasteiger partial charge is 0.394 e. The van der Waals surface area contributed by atoms with Crippen molar-refractivity contribution in [2.24, 2.45) is 0 Å². The Morgan fingerprint density at radius 2 is 1.94 bits per heavy atom. The fourth-order valence-electron chi connectivity index (χ4n) is 1.32. The fraction of sp³-hybridized carbons (Fsp3) is 0.0909. The Morgan fingerprint density at radius 1 is 1.33 bits per heavy atom. The maximum Gasteiger partial charge on any atom is 0.258 e. The molecular weight excluding hydrogens is 244 g/mol. The number of nitrogens with one attached hydrogen (secondary N) is 1. The van der Waals surface area contributed by atoms with E-state index in [4.69, 9.17) is 10.3 Å². The zero-order valence-corrected chi connectivity index (χ0v) is 9.33. The predicted molar refractivity (Wildman–Crippen MR) is 60.0 cm³/mol. The van der Waals surface area contributed by atoms with Crippen molar-refractivity contribution < 1.29 is 18.1 Å². The number of aromatic nitrogens is 1. The lowest BCUT2D eigenvalue weighted by atomic mass is 10.1. The first-order valence-electron chi connectivity index (χ1n) is 4.96. The Hall–Kier alpha value is -2.44.